The number of phenols is 1. The molecule has 1 aliphatic heterocycles. The van der Waals surface area contributed by atoms with Gasteiger partial charge < -0.3 is 14.9 Å². The molecule has 4 aromatic rings. The Balaban J connectivity index is 1.86. The third kappa shape index (κ3) is 5.49. The number of piperazine rings is 1. The average molecular weight is 646 g/mol. The third-order valence-corrected chi connectivity index (χ3v) is 8.40. The van der Waals surface area contributed by atoms with Crippen LogP contribution in [0.2, 0.25) is 5.02 Å². The van der Waals surface area contributed by atoms with Crippen LogP contribution in [0.1, 0.15) is 6.92 Å². The first kappa shape index (κ1) is 30.2. The van der Waals surface area contributed by atoms with E-state index in [4.69, 9.17) is 11.6 Å². The van der Waals surface area contributed by atoms with Gasteiger partial charge in [-0.25, -0.2) is 18.7 Å². The van der Waals surface area contributed by atoms with Crippen LogP contribution in [0.5, 0.6) is 5.75 Å². The van der Waals surface area contributed by atoms with Crippen LogP contribution in [0, 0.1) is 5.82 Å². The second-order valence-electron chi connectivity index (χ2n) is 9.84. The molecule has 1 aliphatic rings. The summed E-state index contributed by atoms with van der Waals surface area (Å²) in [5, 5.41) is 9.96. The number of hydrogen-bond acceptors (Lipinski definition) is 6. The molecular weight excluding hydrogens is 624 g/mol. The van der Waals surface area contributed by atoms with Crippen LogP contribution in [0.15, 0.2) is 70.9 Å². The second kappa shape index (κ2) is 9.64. The van der Waals surface area contributed by atoms with Crippen LogP contribution in [0.25, 0.3) is 28.0 Å². The average Bonchev–Trinajstić information content (AvgIpc) is 2.91. The number of carbonyl (C=O) groups is 1. The van der Waals surface area contributed by atoms with E-state index in [1.807, 2.05) is 0 Å². The molecular formula is C27H22ClF6N5O3S. The van der Waals surface area contributed by atoms with Gasteiger partial charge in [0, 0.05) is 25.7 Å². The Labute approximate surface area is 245 Å². The highest BCUT2D eigenvalue weighted by molar-refractivity contribution is 8.45. The van der Waals surface area contributed by atoms with E-state index in [0.29, 0.717) is 6.07 Å². The number of pyridine rings is 1. The molecule has 1 saturated heterocycles. The summed E-state index contributed by atoms with van der Waals surface area (Å²) in [6.07, 6.45) is 1.14. The number of nitrogens with zero attached hydrogens (tertiary/aromatic N) is 5. The quantitative estimate of drug-likeness (QED) is 0.189. The number of carbonyl (C=O) groups excluding carboxylic acids is 1. The molecule has 0 bridgehead atoms. The molecule has 0 aliphatic carbocycles. The maximum Gasteiger partial charge on any atom is 0.355 e. The Hall–Kier alpha value is -4.24. The minimum absolute atomic E-state index is 0.0991. The fourth-order valence-electron chi connectivity index (χ4n) is 5.03. The van der Waals surface area contributed by atoms with Crippen LogP contribution < -0.4 is 10.6 Å². The molecule has 3 heterocycles. The minimum Gasteiger partial charge on any atom is -0.507 e. The van der Waals surface area contributed by atoms with Gasteiger partial charge in [0.1, 0.15) is 22.3 Å². The van der Waals surface area contributed by atoms with Gasteiger partial charge in [-0.1, -0.05) is 55.8 Å². The molecule has 2 aromatic heterocycles. The molecule has 1 amide bonds. The van der Waals surface area contributed by atoms with Crippen molar-refractivity contribution in [3.63, 3.8) is 0 Å². The first-order chi connectivity index (χ1) is 19.9. The highest BCUT2D eigenvalue weighted by Crippen LogP contribution is 3.02. The van der Waals surface area contributed by atoms with Gasteiger partial charge in [-0.2, -0.15) is 4.98 Å². The third-order valence-electron chi connectivity index (χ3n) is 6.94. The zero-order chi connectivity index (χ0) is 31.5. The lowest BCUT2D eigenvalue weighted by Gasteiger charge is -2.42. The molecule has 0 radical (unpaired) electrons. The predicted molar refractivity (Wildman–Crippen MR) is 152 cm³/mol. The number of halogens is 7. The molecule has 1 fully saturated rings. The van der Waals surface area contributed by atoms with E-state index in [1.165, 1.54) is 11.0 Å². The normalized spacial score (nSPS) is 17.4. The van der Waals surface area contributed by atoms with E-state index in [-0.39, 0.29) is 52.4 Å². The van der Waals surface area contributed by atoms with Gasteiger partial charge in [-0.05, 0) is 43.3 Å². The Morgan fingerprint density at radius 1 is 1.09 bits per heavy atom. The van der Waals surface area contributed by atoms with E-state index < -0.39 is 61.0 Å². The molecule has 0 unspecified atom stereocenters. The molecule has 5 rings (SSSR count). The molecule has 228 valence electrons. The van der Waals surface area contributed by atoms with Crippen molar-refractivity contribution in [1.82, 2.24) is 19.4 Å². The first-order valence-corrected chi connectivity index (χ1v) is 14.9. The standard InChI is InChI=1S/C27H22ClF6N5O3S/c1-3-22(41)37-11-12-38(15(2)14-37)25-16-13-17(28)24(23-18(29)7-6-9-20(23)40)35-26(16)39(27(42)36-25)19-8-4-5-10-21(19)43(30,31,32,33)34/h3-10,13,15,40H,1,11-12,14H2,2H3/t15-/m0/s1. The van der Waals surface area contributed by atoms with Crippen LogP contribution in [-0.2, 0) is 4.79 Å². The molecule has 0 spiro atoms. The van der Waals surface area contributed by atoms with Gasteiger partial charge in [0.15, 0.2) is 5.65 Å². The van der Waals surface area contributed by atoms with Crippen LogP contribution >= 0.6 is 21.8 Å². The number of aromatic nitrogens is 3. The summed E-state index contributed by atoms with van der Waals surface area (Å²) in [6, 6.07) is 6.49. The fraction of sp³-hybridized carbons (Fsp3) is 0.185. The van der Waals surface area contributed by atoms with E-state index in [0.717, 1.165) is 36.4 Å². The van der Waals surface area contributed by atoms with Crippen molar-refractivity contribution >= 4 is 44.6 Å². The Kier molecular flexibility index (Phi) is 6.77. The molecule has 1 N–H and O–H groups in total. The lowest BCUT2D eigenvalue weighted by Crippen LogP contribution is -2.54. The number of anilines is 1. The Bertz CT molecular complexity index is 1870. The van der Waals surface area contributed by atoms with Crippen molar-refractivity contribution in [2.75, 3.05) is 24.5 Å². The van der Waals surface area contributed by atoms with Crippen LogP contribution in [-0.4, -0.2) is 56.1 Å². The maximum atomic E-state index is 14.9. The number of phenolic OH excluding ortho intramolecular Hbond substituents is 1. The van der Waals surface area contributed by atoms with E-state index in [1.54, 1.807) is 11.8 Å². The molecule has 0 saturated carbocycles. The highest BCUT2D eigenvalue weighted by atomic mass is 35.5. The van der Waals surface area contributed by atoms with Crippen molar-refractivity contribution in [2.24, 2.45) is 0 Å². The SMILES string of the molecule is C=CC(=O)N1CCN(c2nc(=O)n(-c3ccccc3S(F)(F)(F)(F)F)c3nc(-c4c(O)cccc4F)c(Cl)cc23)[C@@H](C)C1. The number of rotatable bonds is 5. The number of fused-ring (bicyclic) bond motifs is 1. The molecule has 16 heteroatoms. The van der Waals surface area contributed by atoms with Crippen molar-refractivity contribution < 1.29 is 33.7 Å². The van der Waals surface area contributed by atoms with Crippen molar-refractivity contribution in [3.8, 4) is 22.7 Å². The lowest BCUT2D eigenvalue weighted by molar-refractivity contribution is -0.126. The summed E-state index contributed by atoms with van der Waals surface area (Å²) >= 11 is 6.47. The monoisotopic (exact) mass is 645 g/mol. The van der Waals surface area contributed by atoms with Gasteiger partial charge in [0.2, 0.25) is 5.91 Å². The van der Waals surface area contributed by atoms with Gasteiger partial charge >= 0.3 is 15.9 Å². The largest absolute Gasteiger partial charge is 0.507 e. The van der Waals surface area contributed by atoms with Gasteiger partial charge in [-0.15, -0.1) is 0 Å². The zero-order valence-corrected chi connectivity index (χ0v) is 23.7. The summed E-state index contributed by atoms with van der Waals surface area (Å²) in [7, 11) is -10.4. The van der Waals surface area contributed by atoms with E-state index in [9.17, 15) is 38.5 Å². The summed E-state index contributed by atoms with van der Waals surface area (Å²) in [5.41, 5.74) is -4.26. The van der Waals surface area contributed by atoms with Crippen LogP contribution in [0.3, 0.4) is 0 Å². The number of benzene rings is 2. The molecule has 43 heavy (non-hydrogen) atoms. The number of amides is 1. The number of aromatic hydroxyl groups is 1. The number of hydrogen-bond donors (Lipinski definition) is 1. The summed E-state index contributed by atoms with van der Waals surface area (Å²) in [6.45, 7) is 5.59. The van der Waals surface area contributed by atoms with Gasteiger partial charge in [-0.3, -0.25) is 4.79 Å². The summed E-state index contributed by atoms with van der Waals surface area (Å²) in [4.78, 5) is 34.6. The summed E-state index contributed by atoms with van der Waals surface area (Å²) < 4.78 is 86.0. The minimum atomic E-state index is -10.4. The van der Waals surface area contributed by atoms with Gasteiger partial charge in [0.05, 0.1) is 27.4 Å². The Morgan fingerprint density at radius 2 is 1.79 bits per heavy atom. The smallest absolute Gasteiger partial charge is 0.355 e. The van der Waals surface area contributed by atoms with Gasteiger partial charge in [0.25, 0.3) is 0 Å². The Morgan fingerprint density at radius 3 is 2.42 bits per heavy atom. The van der Waals surface area contributed by atoms with Crippen molar-refractivity contribution in [1.29, 1.82) is 0 Å². The highest BCUT2D eigenvalue weighted by Gasteiger charge is 2.67. The molecule has 8 nitrogen and oxygen atoms in total. The van der Waals surface area contributed by atoms with E-state index in [2.05, 4.69) is 16.5 Å². The second-order valence-corrected chi connectivity index (χ2v) is 12.6. The molecule has 1 atom stereocenters. The molecule has 2 aromatic carbocycles. The van der Waals surface area contributed by atoms with E-state index >= 15 is 0 Å². The van der Waals surface area contributed by atoms with Crippen molar-refractivity contribution in [3.05, 3.63) is 82.5 Å². The zero-order valence-electron chi connectivity index (χ0n) is 22.2. The predicted octanol–water partition coefficient (Wildman–Crippen LogP) is 6.83. The topological polar surface area (TPSA) is 91.6 Å². The van der Waals surface area contributed by atoms with Crippen LogP contribution in [0.4, 0.5) is 29.6 Å². The number of para-hydroxylation sites is 1. The fourth-order valence-corrected chi connectivity index (χ4v) is 6.17. The lowest BCUT2D eigenvalue weighted by atomic mass is 10.1. The first-order valence-electron chi connectivity index (χ1n) is 12.5. The summed E-state index contributed by atoms with van der Waals surface area (Å²) in [5.74, 6) is -2.06. The van der Waals surface area contributed by atoms with Crippen molar-refractivity contribution in [2.45, 2.75) is 17.9 Å². The maximum absolute atomic E-state index is 14.9.